The number of hydrogen-bond acceptors (Lipinski definition) is 5. The number of benzene rings is 1. The lowest BCUT2D eigenvalue weighted by molar-refractivity contribution is 0.227. The fourth-order valence-electron chi connectivity index (χ4n) is 2.17. The molecule has 0 aliphatic carbocycles. The third-order valence-electron chi connectivity index (χ3n) is 3.16. The van der Waals surface area contributed by atoms with Gasteiger partial charge in [0, 0.05) is 23.1 Å². The molecule has 6 nitrogen and oxygen atoms in total. The zero-order valence-corrected chi connectivity index (χ0v) is 15.2. The molecular formula is C15H21ClN4O2S. The Labute approximate surface area is 145 Å². The summed E-state index contributed by atoms with van der Waals surface area (Å²) in [7, 11) is 1.59. The van der Waals surface area contributed by atoms with Gasteiger partial charge in [-0.2, -0.15) is 5.10 Å². The molecule has 0 fully saturated rings. The third-order valence-corrected chi connectivity index (χ3v) is 3.65. The molecule has 0 radical (unpaired) electrons. The lowest BCUT2D eigenvalue weighted by atomic mass is 10.2. The number of H-pyrrole nitrogens is 1. The summed E-state index contributed by atoms with van der Waals surface area (Å²) >= 11 is 11.4. The summed E-state index contributed by atoms with van der Waals surface area (Å²) in [5.74, 6) is 2.11. The maximum absolute atomic E-state index is 6.18. The number of ether oxygens (including phenoxy) is 2. The van der Waals surface area contributed by atoms with E-state index in [1.807, 2.05) is 26.8 Å². The first-order valence-electron chi connectivity index (χ1n) is 7.39. The van der Waals surface area contributed by atoms with Crippen molar-refractivity contribution in [2.24, 2.45) is 0 Å². The monoisotopic (exact) mass is 356 g/mol. The molecule has 1 aromatic carbocycles. The number of hydrogen-bond donors (Lipinski definition) is 2. The van der Waals surface area contributed by atoms with E-state index in [4.69, 9.17) is 33.3 Å². The fourth-order valence-corrected chi connectivity index (χ4v) is 2.62. The minimum Gasteiger partial charge on any atom is -0.493 e. The molecule has 2 N–H and O–H groups in total. The molecule has 0 aliphatic rings. The summed E-state index contributed by atoms with van der Waals surface area (Å²) in [5, 5.41) is 7.53. The fraction of sp³-hybridized carbons (Fsp3) is 0.467. The van der Waals surface area contributed by atoms with Gasteiger partial charge < -0.3 is 14.9 Å². The molecule has 0 saturated carbocycles. The Morgan fingerprint density at radius 3 is 2.78 bits per heavy atom. The maximum atomic E-state index is 6.18. The van der Waals surface area contributed by atoms with Crippen LogP contribution in [0.2, 0.25) is 5.02 Å². The van der Waals surface area contributed by atoms with Crippen LogP contribution in [0.4, 0.5) is 0 Å². The predicted octanol–water partition coefficient (Wildman–Crippen LogP) is 3.70. The zero-order chi connectivity index (χ0) is 17.0. The van der Waals surface area contributed by atoms with E-state index in [1.54, 1.807) is 17.9 Å². The van der Waals surface area contributed by atoms with Crippen LogP contribution in [0, 0.1) is 4.77 Å². The van der Waals surface area contributed by atoms with E-state index >= 15 is 0 Å². The lowest BCUT2D eigenvalue weighted by Gasteiger charge is -2.19. The van der Waals surface area contributed by atoms with Crippen LogP contribution in [0.3, 0.4) is 0 Å². The van der Waals surface area contributed by atoms with Crippen LogP contribution in [-0.4, -0.2) is 28.1 Å². The number of aromatic nitrogens is 3. The molecule has 2 rings (SSSR count). The van der Waals surface area contributed by atoms with Crippen LogP contribution >= 0.6 is 23.8 Å². The largest absolute Gasteiger partial charge is 0.493 e. The Morgan fingerprint density at radius 1 is 1.43 bits per heavy atom. The topological polar surface area (TPSA) is 64.1 Å². The van der Waals surface area contributed by atoms with Crippen LogP contribution in [0.25, 0.3) is 0 Å². The van der Waals surface area contributed by atoms with Crippen LogP contribution in [-0.2, 0) is 13.0 Å². The van der Waals surface area contributed by atoms with Gasteiger partial charge in [-0.1, -0.05) is 18.5 Å². The smallest absolute Gasteiger partial charge is 0.214 e. The Morgan fingerprint density at radius 2 is 2.17 bits per heavy atom. The highest BCUT2D eigenvalue weighted by atomic mass is 35.5. The first-order valence-corrected chi connectivity index (χ1v) is 8.18. The van der Waals surface area contributed by atoms with Crippen LogP contribution in [0.5, 0.6) is 11.5 Å². The third kappa shape index (κ3) is 4.17. The van der Waals surface area contributed by atoms with Crippen molar-refractivity contribution in [1.29, 1.82) is 0 Å². The first kappa shape index (κ1) is 17.6. The highest BCUT2D eigenvalue weighted by molar-refractivity contribution is 7.71. The summed E-state index contributed by atoms with van der Waals surface area (Å²) < 4.78 is 13.6. The molecule has 1 aromatic heterocycles. The van der Waals surface area contributed by atoms with E-state index in [0.717, 1.165) is 17.8 Å². The summed E-state index contributed by atoms with van der Waals surface area (Å²) in [6.07, 6.45) is 0.778. The van der Waals surface area contributed by atoms with Crippen molar-refractivity contribution in [3.63, 3.8) is 0 Å². The molecule has 0 saturated heterocycles. The van der Waals surface area contributed by atoms with E-state index in [9.17, 15) is 0 Å². The molecule has 0 aliphatic heterocycles. The van der Waals surface area contributed by atoms with E-state index in [2.05, 4.69) is 15.6 Å². The minimum absolute atomic E-state index is 0.0196. The van der Waals surface area contributed by atoms with E-state index in [-0.39, 0.29) is 6.10 Å². The van der Waals surface area contributed by atoms with Crippen molar-refractivity contribution < 1.29 is 9.47 Å². The van der Waals surface area contributed by atoms with Gasteiger partial charge in [-0.25, -0.2) is 4.68 Å². The van der Waals surface area contributed by atoms with Gasteiger partial charge in [0.1, 0.15) is 0 Å². The summed E-state index contributed by atoms with van der Waals surface area (Å²) in [5.41, 5.74) is 4.13. The highest BCUT2D eigenvalue weighted by Gasteiger charge is 2.15. The second kappa shape index (κ2) is 7.70. The molecule has 126 valence electrons. The second-order valence-corrected chi connectivity index (χ2v) is 6.05. The van der Waals surface area contributed by atoms with Gasteiger partial charge in [-0.05, 0) is 32.1 Å². The lowest BCUT2D eigenvalue weighted by Crippen LogP contribution is -2.18. The molecule has 8 heteroatoms. The van der Waals surface area contributed by atoms with Crippen molar-refractivity contribution in [1.82, 2.24) is 14.9 Å². The maximum Gasteiger partial charge on any atom is 0.214 e. The quantitative estimate of drug-likeness (QED) is 0.740. The van der Waals surface area contributed by atoms with Gasteiger partial charge in [0.05, 0.1) is 19.8 Å². The molecule has 1 heterocycles. The summed E-state index contributed by atoms with van der Waals surface area (Å²) in [6.45, 7) is 6.41. The first-order chi connectivity index (χ1) is 11.0. The van der Waals surface area contributed by atoms with Crippen molar-refractivity contribution >= 4 is 23.8 Å². The number of rotatable bonds is 7. The van der Waals surface area contributed by atoms with Crippen molar-refractivity contribution in [2.45, 2.75) is 39.8 Å². The number of nitrogens with zero attached hydrogens (tertiary/aromatic N) is 2. The standard InChI is InChI=1S/C15H21ClN4O2S/c1-5-13-18-19-15(23)20(13)17-8-10-6-11(16)7-12(21-4)14(10)22-9(2)3/h6-7,9,17H,5,8H2,1-4H3,(H,19,23). The summed E-state index contributed by atoms with van der Waals surface area (Å²) in [6, 6.07) is 3.59. The Hall–Kier alpha value is -1.73. The van der Waals surface area contributed by atoms with Gasteiger partial charge in [-0.3, -0.25) is 5.10 Å². The van der Waals surface area contributed by atoms with Crippen LogP contribution in [0.1, 0.15) is 32.2 Å². The SMILES string of the molecule is CCc1n[nH]c(=S)n1NCc1cc(Cl)cc(OC)c1OC(C)C. The highest BCUT2D eigenvalue weighted by Crippen LogP contribution is 2.35. The average Bonchev–Trinajstić information content (AvgIpc) is 2.86. The van der Waals surface area contributed by atoms with E-state index in [0.29, 0.717) is 27.8 Å². The number of aromatic amines is 1. The molecule has 0 atom stereocenters. The normalized spacial score (nSPS) is 10.9. The molecule has 0 bridgehead atoms. The van der Waals surface area contributed by atoms with Gasteiger partial charge in [-0.15, -0.1) is 0 Å². The molecule has 23 heavy (non-hydrogen) atoms. The molecule has 0 amide bonds. The van der Waals surface area contributed by atoms with Crippen molar-refractivity contribution in [3.05, 3.63) is 33.3 Å². The number of nitrogens with one attached hydrogen (secondary N) is 2. The van der Waals surface area contributed by atoms with Crippen LogP contribution in [0.15, 0.2) is 12.1 Å². The minimum atomic E-state index is 0.0196. The Balaban J connectivity index is 2.32. The second-order valence-electron chi connectivity index (χ2n) is 5.23. The molecular weight excluding hydrogens is 336 g/mol. The number of halogens is 1. The van der Waals surface area contributed by atoms with E-state index < -0.39 is 0 Å². The number of methoxy groups -OCH3 is 1. The molecule has 0 spiro atoms. The Bertz CT molecular complexity index is 727. The van der Waals surface area contributed by atoms with Crippen molar-refractivity contribution in [3.8, 4) is 11.5 Å². The van der Waals surface area contributed by atoms with Gasteiger partial charge in [0.25, 0.3) is 0 Å². The Kier molecular flexibility index (Phi) is 5.90. The van der Waals surface area contributed by atoms with Gasteiger partial charge in [0.15, 0.2) is 17.3 Å². The van der Waals surface area contributed by atoms with Crippen molar-refractivity contribution in [2.75, 3.05) is 12.5 Å². The van der Waals surface area contributed by atoms with Crippen LogP contribution < -0.4 is 14.9 Å². The number of aryl methyl sites for hydroxylation is 1. The zero-order valence-electron chi connectivity index (χ0n) is 13.6. The van der Waals surface area contributed by atoms with Gasteiger partial charge >= 0.3 is 0 Å². The summed E-state index contributed by atoms with van der Waals surface area (Å²) in [4.78, 5) is 0. The molecule has 0 unspecified atom stereocenters. The predicted molar refractivity (Wildman–Crippen MR) is 93.6 cm³/mol. The van der Waals surface area contributed by atoms with Gasteiger partial charge in [0.2, 0.25) is 4.77 Å². The molecule has 2 aromatic rings. The average molecular weight is 357 g/mol. The van der Waals surface area contributed by atoms with E-state index in [1.165, 1.54) is 0 Å².